The molecule has 4 unspecified atom stereocenters. The lowest BCUT2D eigenvalue weighted by Crippen LogP contribution is -1.94. The van der Waals surface area contributed by atoms with Crippen molar-refractivity contribution < 1.29 is 9.32 Å². The van der Waals surface area contributed by atoms with Crippen LogP contribution in [0.15, 0.2) is 11.4 Å². The van der Waals surface area contributed by atoms with Crippen LogP contribution in [0.4, 0.5) is 0 Å². The molecule has 1 heterocycles. The van der Waals surface area contributed by atoms with Crippen LogP contribution in [0.1, 0.15) is 15.2 Å². The molecule has 4 atom stereocenters. The molecule has 0 N–H and O–H groups in total. The van der Waals surface area contributed by atoms with Crippen LogP contribution in [0.5, 0.6) is 0 Å². The minimum Gasteiger partial charge on any atom is -0.432 e. The standard InChI is InChI=1S/C6H10O2P4S/c1-4-2-5(13-3-4)6(7)8-12(10)11-9/h2-3,11H,9-10H2,1H3. The summed E-state index contributed by atoms with van der Waals surface area (Å²) >= 11 is 1.43. The van der Waals surface area contributed by atoms with Crippen molar-refractivity contribution in [1.82, 2.24) is 0 Å². The highest BCUT2D eigenvalue weighted by Crippen LogP contribution is 2.66. The van der Waals surface area contributed by atoms with Crippen LogP contribution in [0.3, 0.4) is 0 Å². The van der Waals surface area contributed by atoms with Gasteiger partial charge in [-0.3, -0.25) is 0 Å². The molecule has 13 heavy (non-hydrogen) atoms. The maximum Gasteiger partial charge on any atom is 0.351 e. The fraction of sp³-hybridized carbons (Fsp3) is 0.167. The summed E-state index contributed by atoms with van der Waals surface area (Å²) < 4.78 is 5.19. The number of aryl methyl sites for hydroxylation is 1. The van der Waals surface area contributed by atoms with Gasteiger partial charge in [0.2, 0.25) is 0 Å². The molecule has 0 aliphatic heterocycles. The van der Waals surface area contributed by atoms with Crippen LogP contribution < -0.4 is 0 Å². The predicted molar refractivity (Wildman–Crippen MR) is 69.1 cm³/mol. The van der Waals surface area contributed by atoms with Crippen LogP contribution >= 0.6 is 44.7 Å². The molecule has 1 aromatic rings. The second-order valence-corrected chi connectivity index (χ2v) is 11.7. The van der Waals surface area contributed by atoms with Gasteiger partial charge in [0, 0.05) is 0 Å². The van der Waals surface area contributed by atoms with Crippen molar-refractivity contribution in [2.45, 2.75) is 6.92 Å². The van der Waals surface area contributed by atoms with E-state index in [9.17, 15) is 4.79 Å². The van der Waals surface area contributed by atoms with Gasteiger partial charge >= 0.3 is 5.97 Å². The van der Waals surface area contributed by atoms with Crippen LogP contribution in [0.2, 0.25) is 0 Å². The summed E-state index contributed by atoms with van der Waals surface area (Å²) in [6, 6.07) is 1.85. The summed E-state index contributed by atoms with van der Waals surface area (Å²) in [7, 11) is 5.06. The van der Waals surface area contributed by atoms with Crippen molar-refractivity contribution in [3.05, 3.63) is 21.9 Å². The van der Waals surface area contributed by atoms with E-state index in [1.54, 1.807) is 0 Å². The Labute approximate surface area is 88.9 Å². The first-order valence-corrected chi connectivity index (χ1v) is 10.8. The molecular weight excluding hydrogens is 260 g/mol. The topological polar surface area (TPSA) is 26.3 Å². The highest BCUT2D eigenvalue weighted by molar-refractivity contribution is 8.59. The molecule has 1 rings (SSSR count). The lowest BCUT2D eigenvalue weighted by Gasteiger charge is -2.07. The van der Waals surface area contributed by atoms with Gasteiger partial charge in [0.15, 0.2) is 0 Å². The Hall–Kier alpha value is 0.890. The number of carbonyl (C=O) groups is 1. The monoisotopic (exact) mass is 270 g/mol. The molecule has 0 aliphatic rings. The Balaban J connectivity index is 2.58. The second-order valence-electron chi connectivity index (χ2n) is 2.32. The lowest BCUT2D eigenvalue weighted by molar-refractivity contribution is 0.0767. The SMILES string of the molecule is Cc1csc(C(=O)OP(P)PP)c1. The van der Waals surface area contributed by atoms with Gasteiger partial charge in [-0.1, -0.05) is 8.93 Å². The maximum absolute atomic E-state index is 11.4. The fourth-order valence-corrected chi connectivity index (χ4v) is 3.03. The average molecular weight is 270 g/mol. The number of carbonyl (C=O) groups excluding carboxylic acids is 1. The van der Waals surface area contributed by atoms with Gasteiger partial charge in [-0.2, -0.15) is 0 Å². The second kappa shape index (κ2) is 5.69. The van der Waals surface area contributed by atoms with Crippen LogP contribution in [0, 0.1) is 6.92 Å². The molecule has 0 amide bonds. The van der Waals surface area contributed by atoms with E-state index in [0.29, 0.717) is 12.8 Å². The number of hydrogen-bond acceptors (Lipinski definition) is 3. The van der Waals surface area contributed by atoms with Gasteiger partial charge in [0.1, 0.15) is 12.4 Å². The fourth-order valence-electron chi connectivity index (χ4n) is 0.699. The number of hydrogen-bond donors (Lipinski definition) is 0. The van der Waals surface area contributed by atoms with E-state index in [1.807, 2.05) is 18.4 Å². The number of rotatable bonds is 3. The molecule has 0 saturated carbocycles. The zero-order valence-corrected chi connectivity index (χ0v) is 12.0. The lowest BCUT2D eigenvalue weighted by atomic mass is 10.3. The first-order chi connectivity index (χ1) is 6.13. The van der Waals surface area contributed by atoms with Gasteiger partial charge in [0.05, 0.1) is 0 Å². The van der Waals surface area contributed by atoms with Crippen molar-refractivity contribution in [1.29, 1.82) is 0 Å². The van der Waals surface area contributed by atoms with Crippen molar-refractivity contribution in [2.75, 3.05) is 0 Å². The third-order valence-corrected chi connectivity index (χ3v) is 10.6. The molecular formula is C6H10O2P4S. The summed E-state index contributed by atoms with van der Waals surface area (Å²) in [5.74, 6) is -0.200. The van der Waals surface area contributed by atoms with Crippen LogP contribution in [0.25, 0.3) is 0 Å². The Morgan fingerprint density at radius 3 is 2.92 bits per heavy atom. The summed E-state index contributed by atoms with van der Waals surface area (Å²) in [6.07, 6.45) is 0. The maximum atomic E-state index is 11.4. The van der Waals surface area contributed by atoms with Gasteiger partial charge in [0.25, 0.3) is 0 Å². The molecule has 0 bridgehead atoms. The van der Waals surface area contributed by atoms with Gasteiger partial charge in [-0.15, -0.1) is 20.3 Å². The molecule has 0 saturated heterocycles. The molecule has 1 aromatic heterocycles. The Morgan fingerprint density at radius 1 is 1.77 bits per heavy atom. The van der Waals surface area contributed by atoms with Crippen LogP contribution in [-0.2, 0) is 4.52 Å². The summed E-state index contributed by atoms with van der Waals surface area (Å²) in [6.45, 7) is 1.97. The predicted octanol–water partition coefficient (Wildman–Crippen LogP) is 3.78. The van der Waals surface area contributed by atoms with Crippen molar-refractivity contribution in [3.8, 4) is 0 Å². The Morgan fingerprint density at radius 2 is 2.46 bits per heavy atom. The first kappa shape index (κ1) is 12.0. The highest BCUT2D eigenvalue weighted by atomic mass is 32.6. The Bertz CT molecular complexity index is 301. The van der Waals surface area contributed by atoms with E-state index in [2.05, 4.69) is 17.9 Å². The molecule has 0 spiro atoms. The molecule has 72 valence electrons. The summed E-state index contributed by atoms with van der Waals surface area (Å²) in [5, 5.41) is 1.95. The third-order valence-electron chi connectivity index (χ3n) is 1.24. The van der Waals surface area contributed by atoms with Gasteiger partial charge < -0.3 is 4.52 Å². The quantitative estimate of drug-likeness (QED) is 0.781. The first-order valence-electron chi connectivity index (χ1n) is 3.42. The van der Waals surface area contributed by atoms with Gasteiger partial charge in [-0.25, -0.2) is 4.79 Å². The summed E-state index contributed by atoms with van der Waals surface area (Å²) in [4.78, 5) is 12.1. The normalized spacial score (nSPS) is 13.5. The Kier molecular flexibility index (Phi) is 5.24. The van der Waals surface area contributed by atoms with E-state index < -0.39 is 7.53 Å². The highest BCUT2D eigenvalue weighted by Gasteiger charge is 2.12. The van der Waals surface area contributed by atoms with Crippen molar-refractivity contribution in [2.24, 2.45) is 0 Å². The molecule has 0 radical (unpaired) electrons. The summed E-state index contributed by atoms with van der Waals surface area (Å²) in [5.41, 5.74) is 1.11. The van der Waals surface area contributed by atoms with E-state index in [1.165, 1.54) is 11.3 Å². The van der Waals surface area contributed by atoms with E-state index in [0.717, 1.165) is 5.56 Å². The zero-order chi connectivity index (χ0) is 9.84. The van der Waals surface area contributed by atoms with Gasteiger partial charge in [-0.05, 0) is 31.9 Å². The molecule has 0 aliphatic carbocycles. The van der Waals surface area contributed by atoms with Crippen LogP contribution in [-0.4, -0.2) is 5.97 Å². The molecule has 0 aromatic carbocycles. The van der Waals surface area contributed by atoms with Crippen molar-refractivity contribution in [3.63, 3.8) is 0 Å². The largest absolute Gasteiger partial charge is 0.432 e. The van der Waals surface area contributed by atoms with E-state index >= 15 is 0 Å². The van der Waals surface area contributed by atoms with Crippen molar-refractivity contribution >= 4 is 50.6 Å². The molecule has 2 nitrogen and oxygen atoms in total. The molecule has 7 heteroatoms. The number of thiophene rings is 1. The minimum atomic E-state index is -0.668. The van der Waals surface area contributed by atoms with E-state index in [4.69, 9.17) is 4.52 Å². The molecule has 0 fully saturated rings. The average Bonchev–Trinajstić information content (AvgIpc) is 2.51. The minimum absolute atomic E-state index is 0.200. The zero-order valence-electron chi connectivity index (χ0n) is 6.98. The third kappa shape index (κ3) is 3.86. The van der Waals surface area contributed by atoms with E-state index in [-0.39, 0.29) is 5.97 Å². The smallest absolute Gasteiger partial charge is 0.351 e.